The van der Waals surface area contributed by atoms with Crippen LogP contribution in [0.4, 0.5) is 10.1 Å². The third kappa shape index (κ3) is 2.74. The standard InChI is InChI=1S/C17H14FN3O/c1-12-4-2-5-15(16(12)21-11-3-10-19-21)17(22)20-14-8-6-13(18)7-9-14/h2-11H,1H3,(H,20,22). The molecule has 0 fully saturated rings. The summed E-state index contributed by atoms with van der Waals surface area (Å²) in [6.45, 7) is 1.92. The van der Waals surface area contributed by atoms with Gasteiger partial charge in [-0.3, -0.25) is 4.79 Å². The molecular formula is C17H14FN3O. The van der Waals surface area contributed by atoms with Crippen molar-refractivity contribution >= 4 is 11.6 Å². The van der Waals surface area contributed by atoms with Crippen molar-refractivity contribution in [1.82, 2.24) is 9.78 Å². The summed E-state index contributed by atoms with van der Waals surface area (Å²) in [4.78, 5) is 12.5. The SMILES string of the molecule is Cc1cccc(C(=O)Nc2ccc(F)cc2)c1-n1cccn1. The molecule has 1 aromatic heterocycles. The van der Waals surface area contributed by atoms with E-state index in [0.29, 0.717) is 11.3 Å². The van der Waals surface area contributed by atoms with Gasteiger partial charge in [-0.05, 0) is 48.9 Å². The highest BCUT2D eigenvalue weighted by Gasteiger charge is 2.15. The number of halogens is 1. The number of nitrogens with one attached hydrogen (secondary N) is 1. The zero-order chi connectivity index (χ0) is 15.5. The monoisotopic (exact) mass is 295 g/mol. The minimum absolute atomic E-state index is 0.263. The summed E-state index contributed by atoms with van der Waals surface area (Å²) in [5, 5.41) is 6.96. The molecule has 3 rings (SSSR count). The van der Waals surface area contributed by atoms with Gasteiger partial charge < -0.3 is 5.32 Å². The molecule has 0 aliphatic carbocycles. The van der Waals surface area contributed by atoms with Crippen molar-refractivity contribution in [3.8, 4) is 5.69 Å². The first-order chi connectivity index (χ1) is 10.6. The predicted octanol–water partition coefficient (Wildman–Crippen LogP) is 3.57. The molecule has 3 aromatic rings. The Morgan fingerprint density at radius 3 is 2.59 bits per heavy atom. The highest BCUT2D eigenvalue weighted by molar-refractivity contribution is 6.07. The summed E-state index contributed by atoms with van der Waals surface area (Å²) in [7, 11) is 0. The van der Waals surface area contributed by atoms with E-state index in [1.54, 1.807) is 29.2 Å². The first-order valence-electron chi connectivity index (χ1n) is 6.82. The number of para-hydroxylation sites is 1. The molecule has 4 nitrogen and oxygen atoms in total. The highest BCUT2D eigenvalue weighted by atomic mass is 19.1. The molecule has 22 heavy (non-hydrogen) atoms. The van der Waals surface area contributed by atoms with Crippen molar-refractivity contribution in [2.45, 2.75) is 6.92 Å². The normalized spacial score (nSPS) is 10.5. The van der Waals surface area contributed by atoms with Crippen molar-refractivity contribution in [3.63, 3.8) is 0 Å². The number of hydrogen-bond acceptors (Lipinski definition) is 2. The molecule has 1 heterocycles. The van der Waals surface area contributed by atoms with Gasteiger partial charge in [-0.25, -0.2) is 9.07 Å². The molecule has 0 unspecified atom stereocenters. The van der Waals surface area contributed by atoms with Crippen molar-refractivity contribution in [1.29, 1.82) is 0 Å². The van der Waals surface area contributed by atoms with E-state index < -0.39 is 0 Å². The molecule has 0 bridgehead atoms. The van der Waals surface area contributed by atoms with Crippen LogP contribution in [-0.4, -0.2) is 15.7 Å². The summed E-state index contributed by atoms with van der Waals surface area (Å²) >= 11 is 0. The number of nitrogens with zero attached hydrogens (tertiary/aromatic N) is 2. The van der Waals surface area contributed by atoms with Crippen LogP contribution < -0.4 is 5.32 Å². The molecule has 0 spiro atoms. The van der Waals surface area contributed by atoms with Gasteiger partial charge >= 0.3 is 0 Å². The highest BCUT2D eigenvalue weighted by Crippen LogP contribution is 2.20. The zero-order valence-electron chi connectivity index (χ0n) is 12.0. The summed E-state index contributed by atoms with van der Waals surface area (Å²) < 4.78 is 14.6. The van der Waals surface area contributed by atoms with Gasteiger partial charge in [-0.2, -0.15) is 5.10 Å². The molecular weight excluding hydrogens is 281 g/mol. The second-order valence-corrected chi connectivity index (χ2v) is 4.88. The molecule has 0 saturated carbocycles. The van der Waals surface area contributed by atoms with Gasteiger partial charge in [0.05, 0.1) is 11.3 Å². The Labute approximate surface area is 127 Å². The number of carbonyl (C=O) groups is 1. The number of aromatic nitrogens is 2. The minimum atomic E-state index is -0.342. The predicted molar refractivity (Wildman–Crippen MR) is 82.7 cm³/mol. The van der Waals surface area contributed by atoms with Crippen molar-refractivity contribution < 1.29 is 9.18 Å². The van der Waals surface area contributed by atoms with Crippen LogP contribution in [0.25, 0.3) is 5.69 Å². The van der Waals surface area contributed by atoms with E-state index in [-0.39, 0.29) is 11.7 Å². The Balaban J connectivity index is 1.96. The number of rotatable bonds is 3. The molecule has 1 N–H and O–H groups in total. The van der Waals surface area contributed by atoms with E-state index >= 15 is 0 Å². The number of benzene rings is 2. The third-order valence-electron chi connectivity index (χ3n) is 3.32. The summed E-state index contributed by atoms with van der Waals surface area (Å²) in [6.07, 6.45) is 3.45. The fourth-order valence-electron chi connectivity index (χ4n) is 2.28. The number of amides is 1. The molecule has 5 heteroatoms. The van der Waals surface area contributed by atoms with Crippen molar-refractivity contribution in [2.24, 2.45) is 0 Å². The third-order valence-corrected chi connectivity index (χ3v) is 3.32. The zero-order valence-corrected chi connectivity index (χ0v) is 12.0. The summed E-state index contributed by atoms with van der Waals surface area (Å²) in [5.74, 6) is -0.605. The lowest BCUT2D eigenvalue weighted by Gasteiger charge is -2.13. The van der Waals surface area contributed by atoms with Crippen LogP contribution in [0.5, 0.6) is 0 Å². The number of aryl methyl sites for hydroxylation is 1. The molecule has 110 valence electrons. The molecule has 0 aliphatic heterocycles. The molecule has 0 atom stereocenters. The van der Waals surface area contributed by atoms with Gasteiger partial charge in [0, 0.05) is 18.1 Å². The van der Waals surface area contributed by atoms with Crippen LogP contribution in [0.2, 0.25) is 0 Å². The van der Waals surface area contributed by atoms with Crippen LogP contribution in [0.1, 0.15) is 15.9 Å². The van der Waals surface area contributed by atoms with Gasteiger partial charge in [0.1, 0.15) is 5.82 Å². The first kappa shape index (κ1) is 14.0. The smallest absolute Gasteiger partial charge is 0.257 e. The van der Waals surface area contributed by atoms with E-state index in [1.165, 1.54) is 24.3 Å². The number of carbonyl (C=O) groups excluding carboxylic acids is 1. The largest absolute Gasteiger partial charge is 0.322 e. The Morgan fingerprint density at radius 2 is 1.91 bits per heavy atom. The second kappa shape index (κ2) is 5.81. The average molecular weight is 295 g/mol. The first-order valence-corrected chi connectivity index (χ1v) is 6.82. The fourth-order valence-corrected chi connectivity index (χ4v) is 2.28. The summed E-state index contributed by atoms with van der Waals surface area (Å²) in [6, 6.07) is 12.9. The maximum Gasteiger partial charge on any atom is 0.257 e. The lowest BCUT2D eigenvalue weighted by Crippen LogP contribution is -2.16. The second-order valence-electron chi connectivity index (χ2n) is 4.88. The Morgan fingerprint density at radius 1 is 1.14 bits per heavy atom. The van der Waals surface area contributed by atoms with Gasteiger partial charge in [-0.1, -0.05) is 12.1 Å². The van der Waals surface area contributed by atoms with Crippen LogP contribution in [0.15, 0.2) is 60.9 Å². The van der Waals surface area contributed by atoms with E-state index in [2.05, 4.69) is 10.4 Å². The van der Waals surface area contributed by atoms with E-state index in [9.17, 15) is 9.18 Å². The Bertz CT molecular complexity index is 795. The lowest BCUT2D eigenvalue weighted by molar-refractivity contribution is 0.102. The quantitative estimate of drug-likeness (QED) is 0.803. The topological polar surface area (TPSA) is 46.9 Å². The lowest BCUT2D eigenvalue weighted by atomic mass is 10.1. The molecule has 0 saturated heterocycles. The molecule has 1 amide bonds. The molecule has 0 radical (unpaired) electrons. The van der Waals surface area contributed by atoms with Crippen LogP contribution in [0.3, 0.4) is 0 Å². The van der Waals surface area contributed by atoms with E-state index in [1.807, 2.05) is 19.1 Å². The molecule has 0 aliphatic rings. The minimum Gasteiger partial charge on any atom is -0.322 e. The summed E-state index contributed by atoms with van der Waals surface area (Å²) in [5.41, 5.74) is 2.72. The maximum absolute atomic E-state index is 12.9. The van der Waals surface area contributed by atoms with Crippen molar-refractivity contribution in [3.05, 3.63) is 77.9 Å². The Hall–Kier alpha value is -2.95. The van der Waals surface area contributed by atoms with Gasteiger partial charge in [0.25, 0.3) is 5.91 Å². The van der Waals surface area contributed by atoms with Crippen LogP contribution in [-0.2, 0) is 0 Å². The number of anilines is 1. The number of hydrogen-bond donors (Lipinski definition) is 1. The Kier molecular flexibility index (Phi) is 3.70. The average Bonchev–Trinajstić information content (AvgIpc) is 3.03. The van der Waals surface area contributed by atoms with E-state index in [4.69, 9.17) is 0 Å². The van der Waals surface area contributed by atoms with Crippen LogP contribution >= 0.6 is 0 Å². The maximum atomic E-state index is 12.9. The van der Waals surface area contributed by atoms with Gasteiger partial charge in [-0.15, -0.1) is 0 Å². The van der Waals surface area contributed by atoms with Gasteiger partial charge in [0.15, 0.2) is 0 Å². The fraction of sp³-hybridized carbons (Fsp3) is 0.0588. The van der Waals surface area contributed by atoms with Crippen LogP contribution in [0, 0.1) is 12.7 Å². The molecule has 2 aromatic carbocycles. The van der Waals surface area contributed by atoms with Gasteiger partial charge in [0.2, 0.25) is 0 Å². The van der Waals surface area contributed by atoms with E-state index in [0.717, 1.165) is 11.3 Å². The van der Waals surface area contributed by atoms with Crippen molar-refractivity contribution in [2.75, 3.05) is 5.32 Å².